The highest BCUT2D eigenvalue weighted by Gasteiger charge is 2.31. The highest BCUT2D eigenvalue weighted by molar-refractivity contribution is 5.77. The smallest absolute Gasteiger partial charge is 0.350 e. The van der Waals surface area contributed by atoms with Crippen molar-refractivity contribution in [2.75, 3.05) is 6.54 Å². The van der Waals surface area contributed by atoms with E-state index in [-0.39, 0.29) is 17.5 Å². The predicted octanol–water partition coefficient (Wildman–Crippen LogP) is 1.68. The summed E-state index contributed by atoms with van der Waals surface area (Å²) >= 11 is 0. The maximum Gasteiger partial charge on any atom is 0.350 e. The quantitative estimate of drug-likeness (QED) is 0.882. The first-order valence-electron chi connectivity index (χ1n) is 8.11. The van der Waals surface area contributed by atoms with Crippen molar-refractivity contribution in [2.45, 2.75) is 39.2 Å². The third kappa shape index (κ3) is 3.36. The fourth-order valence-corrected chi connectivity index (χ4v) is 2.48. The third-order valence-electron chi connectivity index (χ3n) is 3.97. The second-order valence-corrected chi connectivity index (χ2v) is 6.25. The molecule has 1 aromatic carbocycles. The Hall–Kier alpha value is -2.37. The second-order valence-electron chi connectivity index (χ2n) is 6.25. The van der Waals surface area contributed by atoms with Gasteiger partial charge in [0, 0.05) is 18.4 Å². The molecule has 1 aliphatic carbocycles. The standard InChI is InChI=1S/C17H22N4O2/c1-12(2)16(22)18-10-11-20-17(23)21(14-6-4-3-5-7-14)15(19-20)13-8-9-13/h3-7,12-13H,8-11H2,1-2H3,(H,18,22). The van der Waals surface area contributed by atoms with Crippen LogP contribution in [0.3, 0.4) is 0 Å². The lowest BCUT2D eigenvalue weighted by Crippen LogP contribution is -2.33. The largest absolute Gasteiger partial charge is 0.354 e. The summed E-state index contributed by atoms with van der Waals surface area (Å²) in [6.45, 7) is 4.48. The number of hydrogen-bond donors (Lipinski definition) is 1. The molecule has 0 aliphatic heterocycles. The molecule has 1 aliphatic rings. The molecule has 0 bridgehead atoms. The van der Waals surface area contributed by atoms with Crippen LogP contribution in [0.2, 0.25) is 0 Å². The van der Waals surface area contributed by atoms with Crippen LogP contribution >= 0.6 is 0 Å². The SMILES string of the molecule is CC(C)C(=O)NCCn1nc(C2CC2)n(-c2ccccc2)c1=O. The van der Waals surface area contributed by atoms with Crippen molar-refractivity contribution in [2.24, 2.45) is 5.92 Å². The van der Waals surface area contributed by atoms with Crippen molar-refractivity contribution in [3.63, 3.8) is 0 Å². The van der Waals surface area contributed by atoms with Crippen LogP contribution in [0.4, 0.5) is 0 Å². The number of rotatable bonds is 6. The van der Waals surface area contributed by atoms with Crippen LogP contribution in [0.15, 0.2) is 35.1 Å². The van der Waals surface area contributed by atoms with Gasteiger partial charge in [-0.2, -0.15) is 5.10 Å². The lowest BCUT2D eigenvalue weighted by atomic mass is 10.2. The number of amides is 1. The van der Waals surface area contributed by atoms with Crippen LogP contribution in [0.5, 0.6) is 0 Å². The van der Waals surface area contributed by atoms with Gasteiger partial charge >= 0.3 is 5.69 Å². The lowest BCUT2D eigenvalue weighted by molar-refractivity contribution is -0.124. The first-order chi connectivity index (χ1) is 11.1. The maximum absolute atomic E-state index is 12.7. The van der Waals surface area contributed by atoms with Gasteiger partial charge in [0.1, 0.15) is 5.82 Å². The minimum absolute atomic E-state index is 0.0112. The van der Waals surface area contributed by atoms with Crippen LogP contribution < -0.4 is 11.0 Å². The van der Waals surface area contributed by atoms with Crippen LogP contribution in [0, 0.1) is 5.92 Å². The highest BCUT2D eigenvalue weighted by atomic mass is 16.2. The van der Waals surface area contributed by atoms with E-state index in [2.05, 4.69) is 10.4 Å². The summed E-state index contributed by atoms with van der Waals surface area (Å²) in [5.74, 6) is 1.13. The molecule has 6 nitrogen and oxygen atoms in total. The zero-order valence-corrected chi connectivity index (χ0v) is 13.5. The summed E-state index contributed by atoms with van der Waals surface area (Å²) < 4.78 is 3.16. The zero-order valence-electron chi connectivity index (χ0n) is 13.5. The molecule has 122 valence electrons. The molecule has 2 aromatic rings. The Morgan fingerprint density at radius 3 is 2.61 bits per heavy atom. The summed E-state index contributed by atoms with van der Waals surface area (Å²) in [6, 6.07) is 9.59. The molecule has 0 spiro atoms. The maximum atomic E-state index is 12.7. The van der Waals surface area contributed by atoms with Gasteiger partial charge in [-0.3, -0.25) is 4.79 Å². The van der Waals surface area contributed by atoms with Gasteiger partial charge < -0.3 is 5.32 Å². The molecule has 23 heavy (non-hydrogen) atoms. The molecule has 1 saturated carbocycles. The average Bonchev–Trinajstić information content (AvgIpc) is 3.33. The number of para-hydroxylation sites is 1. The molecule has 1 amide bonds. The lowest BCUT2D eigenvalue weighted by Gasteiger charge is -2.06. The van der Waals surface area contributed by atoms with Crippen LogP contribution in [-0.2, 0) is 11.3 Å². The van der Waals surface area contributed by atoms with E-state index in [9.17, 15) is 9.59 Å². The first-order valence-corrected chi connectivity index (χ1v) is 8.11. The van der Waals surface area contributed by atoms with Crippen molar-refractivity contribution < 1.29 is 4.79 Å². The van der Waals surface area contributed by atoms with Crippen LogP contribution in [-0.4, -0.2) is 26.8 Å². The van der Waals surface area contributed by atoms with Gasteiger partial charge in [-0.15, -0.1) is 0 Å². The molecular formula is C17H22N4O2. The van der Waals surface area contributed by atoms with Crippen molar-refractivity contribution in [1.82, 2.24) is 19.7 Å². The Balaban J connectivity index is 1.82. The average molecular weight is 314 g/mol. The minimum Gasteiger partial charge on any atom is -0.354 e. The molecule has 0 unspecified atom stereocenters. The van der Waals surface area contributed by atoms with Crippen LogP contribution in [0.1, 0.15) is 38.4 Å². The second kappa shape index (κ2) is 6.40. The number of benzene rings is 1. The Morgan fingerprint density at radius 1 is 1.30 bits per heavy atom. The molecule has 1 heterocycles. The Morgan fingerprint density at radius 2 is 2.00 bits per heavy atom. The first kappa shape index (κ1) is 15.5. The summed E-state index contributed by atoms with van der Waals surface area (Å²) in [5.41, 5.74) is 0.703. The molecule has 0 radical (unpaired) electrons. The summed E-state index contributed by atoms with van der Waals surface area (Å²) in [6.07, 6.45) is 2.15. The van der Waals surface area contributed by atoms with Gasteiger partial charge in [0.25, 0.3) is 0 Å². The van der Waals surface area contributed by atoms with Gasteiger partial charge in [0.15, 0.2) is 0 Å². The Kier molecular flexibility index (Phi) is 4.32. The minimum atomic E-state index is -0.142. The molecule has 1 fully saturated rings. The molecule has 0 saturated heterocycles. The number of nitrogens with zero attached hydrogens (tertiary/aromatic N) is 3. The fraction of sp³-hybridized carbons (Fsp3) is 0.471. The summed E-state index contributed by atoms with van der Waals surface area (Å²) in [7, 11) is 0. The van der Waals surface area contributed by atoms with E-state index in [0.717, 1.165) is 24.4 Å². The van der Waals surface area contributed by atoms with E-state index in [4.69, 9.17) is 0 Å². The topological polar surface area (TPSA) is 68.9 Å². The zero-order chi connectivity index (χ0) is 16.4. The van der Waals surface area contributed by atoms with Crippen molar-refractivity contribution >= 4 is 5.91 Å². The van der Waals surface area contributed by atoms with Crippen molar-refractivity contribution in [3.8, 4) is 5.69 Å². The van der Waals surface area contributed by atoms with E-state index >= 15 is 0 Å². The van der Waals surface area contributed by atoms with E-state index in [1.165, 1.54) is 4.68 Å². The monoisotopic (exact) mass is 314 g/mol. The Bertz CT molecular complexity index is 742. The van der Waals surface area contributed by atoms with Gasteiger partial charge in [-0.25, -0.2) is 14.0 Å². The number of nitrogens with one attached hydrogen (secondary N) is 1. The summed E-state index contributed by atoms with van der Waals surface area (Å²) in [4.78, 5) is 24.3. The van der Waals surface area contributed by atoms with Gasteiger partial charge in [-0.05, 0) is 25.0 Å². The Labute approximate surface area is 135 Å². The number of hydrogen-bond acceptors (Lipinski definition) is 3. The fourth-order valence-electron chi connectivity index (χ4n) is 2.48. The number of carbonyl (C=O) groups is 1. The van der Waals surface area contributed by atoms with Gasteiger partial charge in [-0.1, -0.05) is 32.0 Å². The predicted molar refractivity (Wildman–Crippen MR) is 87.6 cm³/mol. The molecular weight excluding hydrogens is 292 g/mol. The van der Waals surface area contributed by atoms with Gasteiger partial charge in [0.05, 0.1) is 12.2 Å². The van der Waals surface area contributed by atoms with E-state index < -0.39 is 0 Å². The van der Waals surface area contributed by atoms with E-state index in [0.29, 0.717) is 19.0 Å². The molecule has 0 atom stereocenters. The van der Waals surface area contributed by atoms with Crippen LogP contribution in [0.25, 0.3) is 5.69 Å². The summed E-state index contributed by atoms with van der Waals surface area (Å²) in [5, 5.41) is 7.33. The molecule has 6 heteroatoms. The molecule has 3 rings (SSSR count). The number of carbonyl (C=O) groups excluding carboxylic acids is 1. The van der Waals surface area contributed by atoms with E-state index in [1.54, 1.807) is 4.57 Å². The number of aromatic nitrogens is 3. The molecule has 1 aromatic heterocycles. The van der Waals surface area contributed by atoms with Gasteiger partial charge in [0.2, 0.25) is 5.91 Å². The van der Waals surface area contributed by atoms with Crippen molar-refractivity contribution in [1.29, 1.82) is 0 Å². The van der Waals surface area contributed by atoms with E-state index in [1.807, 2.05) is 44.2 Å². The molecule has 1 N–H and O–H groups in total. The normalized spacial score (nSPS) is 14.2. The van der Waals surface area contributed by atoms with Crippen molar-refractivity contribution in [3.05, 3.63) is 46.6 Å². The highest BCUT2D eigenvalue weighted by Crippen LogP contribution is 2.39. The third-order valence-corrected chi connectivity index (χ3v) is 3.97.